The smallest absolute Gasteiger partial charge is 0.174 e. The fraction of sp³-hybridized carbons (Fsp3) is 0.0526. The molecule has 4 aromatic rings. The molecule has 2 N–H and O–H groups in total. The van der Waals surface area contributed by atoms with Crippen LogP contribution in [0.15, 0.2) is 59.3 Å². The van der Waals surface area contributed by atoms with Gasteiger partial charge in [-0.2, -0.15) is 0 Å². The van der Waals surface area contributed by atoms with Crippen LogP contribution < -0.4 is 5.73 Å². The molecule has 24 heavy (non-hydrogen) atoms. The maximum Gasteiger partial charge on any atom is 0.174 e. The van der Waals surface area contributed by atoms with E-state index in [0.29, 0.717) is 17.0 Å². The second-order valence-electron chi connectivity index (χ2n) is 5.64. The number of nitrogen functional groups attached to an aromatic ring is 1. The predicted molar refractivity (Wildman–Crippen MR) is 91.8 cm³/mol. The number of aryl methyl sites for hydroxylation is 1. The molecular formula is C19H14FN3O. The summed E-state index contributed by atoms with van der Waals surface area (Å²) in [7, 11) is 0. The molecule has 0 atom stereocenters. The lowest BCUT2D eigenvalue weighted by atomic mass is 9.98. The van der Waals surface area contributed by atoms with Gasteiger partial charge in [-0.3, -0.25) is 4.98 Å². The van der Waals surface area contributed by atoms with Crippen molar-refractivity contribution in [3.8, 4) is 22.4 Å². The molecule has 4 rings (SSSR count). The maximum atomic E-state index is 13.6. The van der Waals surface area contributed by atoms with E-state index in [9.17, 15) is 4.39 Å². The second kappa shape index (κ2) is 5.45. The molecule has 0 fully saturated rings. The molecule has 0 saturated heterocycles. The first-order valence-corrected chi connectivity index (χ1v) is 7.50. The van der Waals surface area contributed by atoms with Crippen molar-refractivity contribution in [3.05, 3.63) is 66.1 Å². The molecule has 0 radical (unpaired) electrons. The Balaban J connectivity index is 1.90. The summed E-state index contributed by atoms with van der Waals surface area (Å²) >= 11 is 0. The van der Waals surface area contributed by atoms with Gasteiger partial charge < -0.3 is 10.3 Å². The van der Waals surface area contributed by atoms with Gasteiger partial charge in [0.1, 0.15) is 5.82 Å². The molecule has 2 heterocycles. The summed E-state index contributed by atoms with van der Waals surface area (Å²) in [6, 6.07) is 14.6. The number of hydrogen-bond acceptors (Lipinski definition) is 4. The molecule has 5 heteroatoms. The number of pyridine rings is 1. The highest BCUT2D eigenvalue weighted by Gasteiger charge is 2.12. The Morgan fingerprint density at radius 3 is 2.71 bits per heavy atom. The topological polar surface area (TPSA) is 64.9 Å². The molecule has 0 aliphatic carbocycles. The fourth-order valence-electron chi connectivity index (χ4n) is 2.78. The highest BCUT2D eigenvalue weighted by atomic mass is 19.1. The Labute approximate surface area is 137 Å². The number of hydrogen-bond donors (Lipinski definition) is 1. The lowest BCUT2D eigenvalue weighted by molar-refractivity contribution is 0.460. The molecule has 4 nitrogen and oxygen atoms in total. The monoisotopic (exact) mass is 319 g/mol. The van der Waals surface area contributed by atoms with Gasteiger partial charge in [-0.15, -0.1) is 0 Å². The van der Waals surface area contributed by atoms with E-state index < -0.39 is 0 Å². The molecule has 2 aromatic heterocycles. The quantitative estimate of drug-likeness (QED) is 0.587. The van der Waals surface area contributed by atoms with E-state index in [4.69, 9.17) is 10.3 Å². The largest absolute Gasteiger partial charge is 0.380 e. The summed E-state index contributed by atoms with van der Waals surface area (Å²) in [6.07, 6.45) is 1.72. The van der Waals surface area contributed by atoms with Crippen LogP contribution in [0.4, 0.5) is 10.2 Å². The maximum absolute atomic E-state index is 13.6. The number of fused-ring (bicyclic) bond motifs is 1. The Bertz CT molecular complexity index is 1060. The van der Waals surface area contributed by atoms with Gasteiger partial charge in [-0.05, 0) is 54.4 Å². The summed E-state index contributed by atoms with van der Waals surface area (Å²) < 4.78 is 18.8. The summed E-state index contributed by atoms with van der Waals surface area (Å²) in [5.41, 5.74) is 10.5. The molecular weight excluding hydrogens is 305 g/mol. The van der Waals surface area contributed by atoms with Crippen molar-refractivity contribution in [2.45, 2.75) is 6.92 Å². The van der Waals surface area contributed by atoms with Crippen molar-refractivity contribution in [2.24, 2.45) is 0 Å². The molecule has 0 unspecified atom stereocenters. The van der Waals surface area contributed by atoms with E-state index in [1.807, 2.05) is 30.3 Å². The second-order valence-corrected chi connectivity index (χ2v) is 5.64. The van der Waals surface area contributed by atoms with Gasteiger partial charge in [-0.1, -0.05) is 17.3 Å². The summed E-state index contributed by atoms with van der Waals surface area (Å²) in [5, 5.41) is 4.56. The van der Waals surface area contributed by atoms with Gasteiger partial charge in [0.05, 0.1) is 11.1 Å². The third kappa shape index (κ3) is 2.31. The van der Waals surface area contributed by atoms with E-state index in [-0.39, 0.29) is 5.82 Å². The van der Waals surface area contributed by atoms with Crippen LogP contribution in [0.2, 0.25) is 0 Å². The molecule has 0 amide bonds. The lowest BCUT2D eigenvalue weighted by Crippen LogP contribution is -1.91. The van der Waals surface area contributed by atoms with E-state index in [2.05, 4.69) is 10.1 Å². The summed E-state index contributed by atoms with van der Waals surface area (Å²) in [6.45, 7) is 1.74. The molecule has 2 aromatic carbocycles. The van der Waals surface area contributed by atoms with Crippen molar-refractivity contribution in [3.63, 3.8) is 0 Å². The number of rotatable bonds is 2. The van der Waals surface area contributed by atoms with Crippen LogP contribution >= 0.6 is 0 Å². The van der Waals surface area contributed by atoms with Gasteiger partial charge >= 0.3 is 0 Å². The van der Waals surface area contributed by atoms with Crippen LogP contribution in [0.1, 0.15) is 5.56 Å². The van der Waals surface area contributed by atoms with Crippen molar-refractivity contribution in [1.82, 2.24) is 10.1 Å². The molecule has 0 aliphatic heterocycles. The average molecular weight is 319 g/mol. The number of benzene rings is 2. The highest BCUT2D eigenvalue weighted by molar-refractivity contribution is 5.92. The SMILES string of the molecule is Cc1cc(-c2ncccc2-c2ccc3c(N)noc3c2)ccc1F. The Morgan fingerprint density at radius 2 is 1.88 bits per heavy atom. The zero-order valence-corrected chi connectivity index (χ0v) is 13.0. The Kier molecular flexibility index (Phi) is 3.27. The van der Waals surface area contributed by atoms with Gasteiger partial charge in [-0.25, -0.2) is 4.39 Å². The minimum atomic E-state index is -0.227. The van der Waals surface area contributed by atoms with Crippen molar-refractivity contribution in [1.29, 1.82) is 0 Å². The molecule has 0 saturated carbocycles. The van der Waals surface area contributed by atoms with Crippen LogP contribution in [0.25, 0.3) is 33.4 Å². The Morgan fingerprint density at radius 1 is 1.04 bits per heavy atom. The third-order valence-corrected chi connectivity index (χ3v) is 4.05. The number of aromatic nitrogens is 2. The zero-order valence-electron chi connectivity index (χ0n) is 13.0. The molecule has 0 aliphatic rings. The zero-order chi connectivity index (χ0) is 16.7. The number of anilines is 1. The first-order chi connectivity index (χ1) is 11.6. The molecule has 0 bridgehead atoms. The predicted octanol–water partition coefficient (Wildman–Crippen LogP) is 4.59. The Hall–Kier alpha value is -3.21. The first-order valence-electron chi connectivity index (χ1n) is 7.50. The van der Waals surface area contributed by atoms with Crippen molar-refractivity contribution < 1.29 is 8.91 Å². The van der Waals surface area contributed by atoms with E-state index in [0.717, 1.165) is 27.8 Å². The van der Waals surface area contributed by atoms with E-state index >= 15 is 0 Å². The van der Waals surface area contributed by atoms with E-state index in [1.165, 1.54) is 6.07 Å². The minimum absolute atomic E-state index is 0.227. The minimum Gasteiger partial charge on any atom is -0.380 e. The third-order valence-electron chi connectivity index (χ3n) is 4.05. The van der Waals surface area contributed by atoms with Crippen LogP contribution in [-0.4, -0.2) is 10.1 Å². The lowest BCUT2D eigenvalue weighted by Gasteiger charge is -2.10. The standard InChI is InChI=1S/C19H14FN3O/c1-11-9-13(5-7-16(11)20)18-14(3-2-8-22-18)12-4-6-15-17(10-12)24-23-19(15)21/h2-10H,1H3,(H2,21,23). The first kappa shape index (κ1) is 14.4. The van der Waals surface area contributed by atoms with Crippen LogP contribution in [0.3, 0.4) is 0 Å². The average Bonchev–Trinajstić information content (AvgIpc) is 2.98. The summed E-state index contributed by atoms with van der Waals surface area (Å²) in [5.74, 6) is 0.145. The fourth-order valence-corrected chi connectivity index (χ4v) is 2.78. The number of nitrogens with two attached hydrogens (primary N) is 1. The van der Waals surface area contributed by atoms with Crippen LogP contribution in [0, 0.1) is 12.7 Å². The molecule has 118 valence electrons. The van der Waals surface area contributed by atoms with Gasteiger partial charge in [0.2, 0.25) is 0 Å². The van der Waals surface area contributed by atoms with Crippen LogP contribution in [-0.2, 0) is 0 Å². The molecule has 0 spiro atoms. The van der Waals surface area contributed by atoms with Crippen LogP contribution in [0.5, 0.6) is 0 Å². The van der Waals surface area contributed by atoms with Gasteiger partial charge in [0.15, 0.2) is 11.4 Å². The summed E-state index contributed by atoms with van der Waals surface area (Å²) in [4.78, 5) is 4.49. The number of nitrogens with zero attached hydrogens (tertiary/aromatic N) is 2. The van der Waals surface area contributed by atoms with E-state index in [1.54, 1.807) is 25.3 Å². The number of halogens is 1. The highest BCUT2D eigenvalue weighted by Crippen LogP contribution is 2.33. The van der Waals surface area contributed by atoms with Gasteiger partial charge in [0.25, 0.3) is 0 Å². The van der Waals surface area contributed by atoms with Crippen molar-refractivity contribution >= 4 is 16.8 Å². The normalized spacial score (nSPS) is 11.1. The van der Waals surface area contributed by atoms with Gasteiger partial charge in [0, 0.05) is 17.3 Å². The van der Waals surface area contributed by atoms with Crippen molar-refractivity contribution in [2.75, 3.05) is 5.73 Å².